The van der Waals surface area contributed by atoms with Crippen LogP contribution in [-0.2, 0) is 4.79 Å². The van der Waals surface area contributed by atoms with E-state index in [2.05, 4.69) is 22.4 Å². The fourth-order valence-corrected chi connectivity index (χ4v) is 5.11. The highest BCUT2D eigenvalue weighted by atomic mass is 35.5. The summed E-state index contributed by atoms with van der Waals surface area (Å²) in [5.41, 5.74) is 0.116. The zero-order chi connectivity index (χ0) is 17.5. The first-order chi connectivity index (χ1) is 11.5. The van der Waals surface area contributed by atoms with Crippen molar-refractivity contribution in [3.63, 3.8) is 0 Å². The summed E-state index contributed by atoms with van der Waals surface area (Å²) in [5.74, 6) is 0.164. The quantitative estimate of drug-likeness (QED) is 0.474. The van der Waals surface area contributed by atoms with Gasteiger partial charge in [0.05, 0.1) is 10.9 Å². The van der Waals surface area contributed by atoms with Crippen LogP contribution in [0.3, 0.4) is 0 Å². The van der Waals surface area contributed by atoms with E-state index >= 15 is 0 Å². The van der Waals surface area contributed by atoms with E-state index in [-0.39, 0.29) is 16.6 Å². The van der Waals surface area contributed by atoms with Crippen LogP contribution in [-0.4, -0.2) is 27.1 Å². The van der Waals surface area contributed by atoms with Gasteiger partial charge in [-0.3, -0.25) is 4.79 Å². The Kier molecular flexibility index (Phi) is 7.80. The van der Waals surface area contributed by atoms with Gasteiger partial charge in [0.15, 0.2) is 8.68 Å². The Morgan fingerprint density at radius 3 is 2.88 bits per heavy atom. The third kappa shape index (κ3) is 5.91. The van der Waals surface area contributed by atoms with Gasteiger partial charge >= 0.3 is 0 Å². The summed E-state index contributed by atoms with van der Waals surface area (Å²) in [6.07, 6.45) is 2.28. The minimum atomic E-state index is -0.557. The molecule has 0 radical (unpaired) electrons. The summed E-state index contributed by atoms with van der Waals surface area (Å²) in [6, 6.07) is 4.14. The Morgan fingerprint density at radius 2 is 2.17 bits per heavy atom. The number of aromatic nitrogens is 2. The van der Waals surface area contributed by atoms with Crippen LogP contribution >= 0.6 is 46.5 Å². The van der Waals surface area contributed by atoms with Crippen LogP contribution in [0.2, 0.25) is 5.02 Å². The SMILES string of the molecule is CCCCSc1nnc(SC(C)C(=O)Nc2ccc(Cl)cc2F)s1. The number of unbranched alkanes of at least 4 members (excludes halogenated alkanes) is 1. The standard InChI is InChI=1S/C15H17ClFN3OS3/c1-3-4-7-22-14-19-20-15(24-14)23-9(2)13(21)18-12-6-5-10(16)8-11(12)17/h5-6,8-9H,3-4,7H2,1-2H3,(H,18,21). The molecule has 130 valence electrons. The van der Waals surface area contributed by atoms with Gasteiger partial charge in [-0.25, -0.2) is 4.39 Å². The summed E-state index contributed by atoms with van der Waals surface area (Å²) in [5, 5.41) is 10.6. The number of carbonyl (C=O) groups excluding carboxylic acids is 1. The topological polar surface area (TPSA) is 54.9 Å². The average molecular weight is 406 g/mol. The maximum atomic E-state index is 13.7. The highest BCUT2D eigenvalue weighted by molar-refractivity contribution is 8.03. The monoisotopic (exact) mass is 405 g/mol. The summed E-state index contributed by atoms with van der Waals surface area (Å²) in [4.78, 5) is 12.2. The van der Waals surface area contributed by atoms with E-state index in [0.717, 1.165) is 27.3 Å². The number of nitrogens with one attached hydrogen (secondary N) is 1. The van der Waals surface area contributed by atoms with Crippen molar-refractivity contribution in [3.05, 3.63) is 29.0 Å². The smallest absolute Gasteiger partial charge is 0.237 e. The van der Waals surface area contributed by atoms with Crippen molar-refractivity contribution >= 4 is 58.1 Å². The van der Waals surface area contributed by atoms with Crippen LogP contribution in [0.25, 0.3) is 0 Å². The Balaban J connectivity index is 1.89. The first-order valence-electron chi connectivity index (χ1n) is 7.38. The predicted molar refractivity (Wildman–Crippen MR) is 101 cm³/mol. The Bertz CT molecular complexity index is 698. The normalized spacial score (nSPS) is 12.2. The summed E-state index contributed by atoms with van der Waals surface area (Å²) < 4.78 is 15.4. The number of amides is 1. The summed E-state index contributed by atoms with van der Waals surface area (Å²) >= 11 is 10.2. The zero-order valence-electron chi connectivity index (χ0n) is 13.2. The van der Waals surface area contributed by atoms with Gasteiger partial charge in [-0.15, -0.1) is 10.2 Å². The van der Waals surface area contributed by atoms with Crippen molar-refractivity contribution in [1.29, 1.82) is 0 Å². The molecule has 0 saturated carbocycles. The van der Waals surface area contributed by atoms with Crippen molar-refractivity contribution in [3.8, 4) is 0 Å². The van der Waals surface area contributed by atoms with Crippen LogP contribution < -0.4 is 5.32 Å². The number of thioether (sulfide) groups is 2. The molecule has 1 N–H and O–H groups in total. The van der Waals surface area contributed by atoms with Crippen molar-refractivity contribution < 1.29 is 9.18 Å². The minimum absolute atomic E-state index is 0.116. The molecule has 0 aliphatic carbocycles. The van der Waals surface area contributed by atoms with E-state index in [1.807, 2.05) is 0 Å². The largest absolute Gasteiger partial charge is 0.323 e. The molecule has 0 bridgehead atoms. The van der Waals surface area contributed by atoms with Gasteiger partial charge in [-0.2, -0.15) is 0 Å². The third-order valence-electron chi connectivity index (χ3n) is 2.95. The Hall–Kier alpha value is -0.830. The lowest BCUT2D eigenvalue weighted by Gasteiger charge is -2.11. The molecule has 0 aliphatic rings. The van der Waals surface area contributed by atoms with E-state index in [0.29, 0.717) is 0 Å². The number of halogens is 2. The van der Waals surface area contributed by atoms with Gasteiger partial charge < -0.3 is 5.32 Å². The van der Waals surface area contributed by atoms with Crippen LogP contribution in [0.5, 0.6) is 0 Å². The van der Waals surface area contributed by atoms with Crippen molar-refractivity contribution in [1.82, 2.24) is 10.2 Å². The fourth-order valence-electron chi connectivity index (χ4n) is 1.64. The molecular formula is C15H17ClFN3OS3. The fraction of sp³-hybridized carbons (Fsp3) is 0.400. The van der Waals surface area contributed by atoms with Gasteiger partial charge in [0.2, 0.25) is 5.91 Å². The van der Waals surface area contributed by atoms with E-state index < -0.39 is 11.1 Å². The maximum Gasteiger partial charge on any atom is 0.237 e. The zero-order valence-corrected chi connectivity index (χ0v) is 16.4. The second kappa shape index (κ2) is 9.60. The Labute approximate surface area is 158 Å². The van der Waals surface area contributed by atoms with Gasteiger partial charge in [-0.05, 0) is 31.5 Å². The molecule has 1 heterocycles. The number of hydrogen-bond donors (Lipinski definition) is 1. The molecule has 1 aromatic heterocycles. The van der Waals surface area contributed by atoms with Crippen LogP contribution in [0.1, 0.15) is 26.7 Å². The number of carbonyl (C=O) groups is 1. The molecule has 0 fully saturated rings. The molecule has 1 atom stereocenters. The number of benzene rings is 1. The summed E-state index contributed by atoms with van der Waals surface area (Å²) in [6.45, 7) is 3.89. The lowest BCUT2D eigenvalue weighted by molar-refractivity contribution is -0.115. The van der Waals surface area contributed by atoms with Crippen molar-refractivity contribution in [2.45, 2.75) is 40.6 Å². The molecule has 4 nitrogen and oxygen atoms in total. The Morgan fingerprint density at radius 1 is 1.42 bits per heavy atom. The van der Waals surface area contributed by atoms with Crippen LogP contribution in [0.15, 0.2) is 26.9 Å². The highest BCUT2D eigenvalue weighted by Crippen LogP contribution is 2.32. The van der Waals surface area contributed by atoms with E-state index in [1.165, 1.54) is 41.3 Å². The van der Waals surface area contributed by atoms with E-state index in [9.17, 15) is 9.18 Å². The lowest BCUT2D eigenvalue weighted by atomic mass is 10.3. The minimum Gasteiger partial charge on any atom is -0.323 e. The molecule has 0 saturated heterocycles. The number of rotatable bonds is 8. The molecule has 24 heavy (non-hydrogen) atoms. The van der Waals surface area contributed by atoms with Gasteiger partial charge in [0.1, 0.15) is 5.82 Å². The number of hydrogen-bond acceptors (Lipinski definition) is 6. The molecule has 9 heteroatoms. The summed E-state index contributed by atoms with van der Waals surface area (Å²) in [7, 11) is 0. The molecule has 0 aliphatic heterocycles. The molecule has 2 rings (SSSR count). The molecule has 1 aromatic carbocycles. The molecule has 0 spiro atoms. The number of anilines is 1. The molecular weight excluding hydrogens is 389 g/mol. The average Bonchev–Trinajstić information content (AvgIpc) is 2.97. The third-order valence-corrected chi connectivity index (χ3v) is 6.51. The van der Waals surface area contributed by atoms with Gasteiger partial charge in [0.25, 0.3) is 0 Å². The van der Waals surface area contributed by atoms with Crippen molar-refractivity contribution in [2.75, 3.05) is 11.1 Å². The maximum absolute atomic E-state index is 13.7. The van der Waals surface area contributed by atoms with Crippen LogP contribution in [0.4, 0.5) is 10.1 Å². The van der Waals surface area contributed by atoms with Gasteiger partial charge in [-0.1, -0.05) is 59.8 Å². The van der Waals surface area contributed by atoms with Crippen molar-refractivity contribution in [2.24, 2.45) is 0 Å². The second-order valence-corrected chi connectivity index (χ2v) is 9.25. The molecule has 1 unspecified atom stereocenters. The predicted octanol–water partition coefficient (Wildman–Crippen LogP) is 5.34. The second-order valence-electron chi connectivity index (χ2n) is 4.91. The van der Waals surface area contributed by atoms with Crippen LogP contribution in [0, 0.1) is 5.82 Å². The molecule has 1 amide bonds. The van der Waals surface area contributed by atoms with Gasteiger partial charge in [0, 0.05) is 10.8 Å². The first-order valence-corrected chi connectivity index (χ1v) is 10.4. The van der Waals surface area contributed by atoms with E-state index in [4.69, 9.17) is 11.6 Å². The number of nitrogens with zero attached hydrogens (tertiary/aromatic N) is 2. The lowest BCUT2D eigenvalue weighted by Crippen LogP contribution is -2.22. The highest BCUT2D eigenvalue weighted by Gasteiger charge is 2.18. The van der Waals surface area contributed by atoms with E-state index in [1.54, 1.807) is 18.7 Å². The first kappa shape index (κ1) is 19.5. The molecule has 2 aromatic rings.